The third-order valence-electron chi connectivity index (χ3n) is 2.91. The maximum Gasteiger partial charge on any atom is 0.320 e. The van der Waals surface area contributed by atoms with E-state index in [1.54, 1.807) is 24.3 Å². The molecule has 5 heteroatoms. The molecule has 0 radical (unpaired) electrons. The molecule has 1 aliphatic carbocycles. The van der Waals surface area contributed by atoms with Gasteiger partial charge in [-0.3, -0.25) is 4.79 Å². The SMILES string of the molecule is O=C(O)C(NCCOc1ccc(Cl)cc1)C1CC1. The molecule has 0 aliphatic heterocycles. The lowest BCUT2D eigenvalue weighted by atomic mass is 10.2. The van der Waals surface area contributed by atoms with E-state index in [1.165, 1.54) is 0 Å². The van der Waals surface area contributed by atoms with E-state index in [4.69, 9.17) is 21.4 Å². The summed E-state index contributed by atoms with van der Waals surface area (Å²) in [5.74, 6) is 0.251. The third-order valence-corrected chi connectivity index (χ3v) is 3.16. The maximum atomic E-state index is 11.0. The van der Waals surface area contributed by atoms with Gasteiger partial charge in [-0.2, -0.15) is 0 Å². The minimum Gasteiger partial charge on any atom is -0.492 e. The van der Waals surface area contributed by atoms with Crippen molar-refractivity contribution in [3.63, 3.8) is 0 Å². The number of halogens is 1. The first kappa shape index (κ1) is 13.2. The van der Waals surface area contributed by atoms with Gasteiger partial charge in [-0.05, 0) is 43.0 Å². The Morgan fingerprint density at radius 1 is 1.44 bits per heavy atom. The minimum atomic E-state index is -0.774. The summed E-state index contributed by atoms with van der Waals surface area (Å²) in [4.78, 5) is 11.0. The van der Waals surface area contributed by atoms with Gasteiger partial charge in [0.25, 0.3) is 0 Å². The lowest BCUT2D eigenvalue weighted by molar-refractivity contribution is -0.140. The van der Waals surface area contributed by atoms with Gasteiger partial charge in [-0.1, -0.05) is 11.6 Å². The molecule has 1 aliphatic rings. The molecule has 1 unspecified atom stereocenters. The Labute approximate surface area is 111 Å². The topological polar surface area (TPSA) is 58.6 Å². The highest BCUT2D eigenvalue weighted by atomic mass is 35.5. The van der Waals surface area contributed by atoms with Crippen molar-refractivity contribution in [3.8, 4) is 5.75 Å². The highest BCUT2D eigenvalue weighted by Gasteiger charge is 2.35. The Morgan fingerprint density at radius 3 is 2.67 bits per heavy atom. The third kappa shape index (κ3) is 3.89. The molecule has 0 heterocycles. The van der Waals surface area contributed by atoms with Gasteiger partial charge in [0.05, 0.1) is 0 Å². The number of hydrogen-bond donors (Lipinski definition) is 2. The van der Waals surface area contributed by atoms with Gasteiger partial charge in [0.2, 0.25) is 0 Å². The Hall–Kier alpha value is -1.26. The summed E-state index contributed by atoms with van der Waals surface area (Å²) in [6, 6.07) is 6.66. The van der Waals surface area contributed by atoms with E-state index >= 15 is 0 Å². The van der Waals surface area contributed by atoms with Crippen molar-refractivity contribution in [1.29, 1.82) is 0 Å². The number of benzene rings is 1. The molecule has 1 saturated carbocycles. The second kappa shape index (κ2) is 6.07. The standard InChI is InChI=1S/C13H16ClNO3/c14-10-3-5-11(6-4-10)18-8-7-15-12(13(16)17)9-1-2-9/h3-6,9,12,15H,1-2,7-8H2,(H,16,17). The Bertz CT molecular complexity index is 403. The van der Waals surface area contributed by atoms with Crippen LogP contribution in [0.25, 0.3) is 0 Å². The van der Waals surface area contributed by atoms with Gasteiger partial charge in [0.15, 0.2) is 0 Å². The number of hydrogen-bond acceptors (Lipinski definition) is 3. The smallest absolute Gasteiger partial charge is 0.320 e. The highest BCUT2D eigenvalue weighted by molar-refractivity contribution is 6.30. The summed E-state index contributed by atoms with van der Waals surface area (Å²) in [6.07, 6.45) is 2.00. The predicted molar refractivity (Wildman–Crippen MR) is 69.1 cm³/mol. The minimum absolute atomic E-state index is 0.290. The molecule has 1 fully saturated rings. The number of ether oxygens (including phenoxy) is 1. The van der Waals surface area contributed by atoms with Crippen LogP contribution in [0.4, 0.5) is 0 Å². The second-order valence-corrected chi connectivity index (χ2v) is 4.85. The zero-order valence-corrected chi connectivity index (χ0v) is 10.7. The van der Waals surface area contributed by atoms with Crippen LogP contribution in [-0.2, 0) is 4.79 Å². The van der Waals surface area contributed by atoms with Crippen molar-refractivity contribution in [1.82, 2.24) is 5.32 Å². The van der Waals surface area contributed by atoms with E-state index in [2.05, 4.69) is 5.32 Å². The van der Waals surface area contributed by atoms with Crippen LogP contribution >= 0.6 is 11.6 Å². The molecule has 1 atom stereocenters. The molecule has 0 aromatic heterocycles. The Morgan fingerprint density at radius 2 is 2.11 bits per heavy atom. The molecule has 2 rings (SSSR count). The van der Waals surface area contributed by atoms with Crippen LogP contribution in [0.5, 0.6) is 5.75 Å². The first-order valence-corrected chi connectivity index (χ1v) is 6.39. The Kier molecular flexibility index (Phi) is 4.44. The van der Waals surface area contributed by atoms with Crippen molar-refractivity contribution in [3.05, 3.63) is 29.3 Å². The van der Waals surface area contributed by atoms with E-state index in [0.29, 0.717) is 18.2 Å². The molecule has 0 bridgehead atoms. The van der Waals surface area contributed by atoms with Gasteiger partial charge in [0.1, 0.15) is 18.4 Å². The lowest BCUT2D eigenvalue weighted by Crippen LogP contribution is -2.40. The summed E-state index contributed by atoms with van der Waals surface area (Å²) < 4.78 is 5.48. The number of carboxylic acids is 1. The monoisotopic (exact) mass is 269 g/mol. The zero-order valence-electron chi connectivity index (χ0n) is 9.93. The molecule has 1 aromatic carbocycles. The predicted octanol–water partition coefficient (Wildman–Crippen LogP) is 2.17. The molecule has 0 amide bonds. The molecule has 0 spiro atoms. The summed E-state index contributed by atoms with van der Waals surface area (Å²) in [6.45, 7) is 0.966. The number of nitrogens with one attached hydrogen (secondary N) is 1. The molecule has 18 heavy (non-hydrogen) atoms. The maximum absolute atomic E-state index is 11.0. The Balaban J connectivity index is 1.68. The van der Waals surface area contributed by atoms with E-state index in [0.717, 1.165) is 18.6 Å². The van der Waals surface area contributed by atoms with Gasteiger partial charge >= 0.3 is 5.97 Å². The average Bonchev–Trinajstić information content (AvgIpc) is 3.15. The fraction of sp³-hybridized carbons (Fsp3) is 0.462. The zero-order chi connectivity index (χ0) is 13.0. The van der Waals surface area contributed by atoms with E-state index in [1.807, 2.05) is 0 Å². The number of carboxylic acid groups (broad SMARTS) is 1. The van der Waals surface area contributed by atoms with Crippen LogP contribution in [0.1, 0.15) is 12.8 Å². The van der Waals surface area contributed by atoms with Crippen molar-refractivity contribution in [2.24, 2.45) is 5.92 Å². The molecule has 1 aromatic rings. The van der Waals surface area contributed by atoms with E-state index in [-0.39, 0.29) is 5.92 Å². The van der Waals surface area contributed by atoms with Crippen LogP contribution in [0, 0.1) is 5.92 Å². The van der Waals surface area contributed by atoms with Crippen LogP contribution in [-0.4, -0.2) is 30.3 Å². The van der Waals surface area contributed by atoms with Crippen LogP contribution in [0.15, 0.2) is 24.3 Å². The van der Waals surface area contributed by atoms with Crippen LogP contribution in [0.2, 0.25) is 5.02 Å². The van der Waals surface area contributed by atoms with Gasteiger partial charge < -0.3 is 15.2 Å². The van der Waals surface area contributed by atoms with Crippen molar-refractivity contribution >= 4 is 17.6 Å². The second-order valence-electron chi connectivity index (χ2n) is 4.41. The molecule has 2 N–H and O–H groups in total. The molecule has 98 valence electrons. The fourth-order valence-electron chi connectivity index (χ4n) is 1.80. The number of rotatable bonds is 7. The largest absolute Gasteiger partial charge is 0.492 e. The van der Waals surface area contributed by atoms with Crippen LogP contribution in [0.3, 0.4) is 0 Å². The summed E-state index contributed by atoms with van der Waals surface area (Å²) in [5, 5.41) is 12.7. The summed E-state index contributed by atoms with van der Waals surface area (Å²) in [7, 11) is 0. The molecule has 4 nitrogen and oxygen atoms in total. The first-order chi connectivity index (χ1) is 8.66. The van der Waals surface area contributed by atoms with Crippen molar-refractivity contribution in [2.45, 2.75) is 18.9 Å². The van der Waals surface area contributed by atoms with Gasteiger partial charge in [-0.25, -0.2) is 0 Å². The fourth-order valence-corrected chi connectivity index (χ4v) is 1.93. The van der Waals surface area contributed by atoms with Gasteiger partial charge in [-0.15, -0.1) is 0 Å². The summed E-state index contributed by atoms with van der Waals surface area (Å²) in [5.41, 5.74) is 0. The van der Waals surface area contributed by atoms with Gasteiger partial charge in [0, 0.05) is 11.6 Å². The molecule has 0 saturated heterocycles. The van der Waals surface area contributed by atoms with Crippen molar-refractivity contribution < 1.29 is 14.6 Å². The normalized spacial score (nSPS) is 16.3. The van der Waals surface area contributed by atoms with E-state index < -0.39 is 12.0 Å². The lowest BCUT2D eigenvalue weighted by Gasteiger charge is -2.13. The quantitative estimate of drug-likeness (QED) is 0.745. The number of carbonyl (C=O) groups is 1. The average molecular weight is 270 g/mol. The first-order valence-electron chi connectivity index (χ1n) is 6.01. The van der Waals surface area contributed by atoms with Crippen LogP contribution < -0.4 is 10.1 Å². The van der Waals surface area contributed by atoms with Crippen molar-refractivity contribution in [2.75, 3.05) is 13.2 Å². The number of aliphatic carboxylic acids is 1. The van der Waals surface area contributed by atoms with E-state index in [9.17, 15) is 4.79 Å². The molecular weight excluding hydrogens is 254 g/mol. The summed E-state index contributed by atoms with van der Waals surface area (Å²) >= 11 is 5.76. The molecular formula is C13H16ClNO3. The highest BCUT2D eigenvalue weighted by Crippen LogP contribution is 2.32.